The summed E-state index contributed by atoms with van der Waals surface area (Å²) < 4.78 is 2.16. The average molecular weight is 270 g/mol. The van der Waals surface area contributed by atoms with Gasteiger partial charge in [0.15, 0.2) is 0 Å². The number of hydrogen-bond donors (Lipinski definition) is 1. The van der Waals surface area contributed by atoms with Crippen molar-refractivity contribution in [3.05, 3.63) is 59.4 Å². The molecule has 1 aromatic carbocycles. The molecule has 1 atom stereocenters. The highest BCUT2D eigenvalue weighted by Crippen LogP contribution is 2.24. The summed E-state index contributed by atoms with van der Waals surface area (Å²) in [6, 6.07) is 13.6. The highest BCUT2D eigenvalue weighted by molar-refractivity contribution is 5.29. The third-order valence-corrected chi connectivity index (χ3v) is 3.92. The molecule has 0 radical (unpaired) electrons. The van der Waals surface area contributed by atoms with Crippen molar-refractivity contribution in [1.29, 1.82) is 0 Å². The van der Waals surface area contributed by atoms with Gasteiger partial charge >= 0.3 is 0 Å². The van der Waals surface area contributed by atoms with Crippen molar-refractivity contribution in [3.63, 3.8) is 0 Å². The Bertz CT molecular complexity index is 544. The Labute approximate surface area is 122 Å². The van der Waals surface area contributed by atoms with E-state index in [9.17, 15) is 0 Å². The van der Waals surface area contributed by atoms with Gasteiger partial charge in [0.1, 0.15) is 0 Å². The molecule has 0 fully saturated rings. The molecule has 0 amide bonds. The summed E-state index contributed by atoms with van der Waals surface area (Å²) in [5.41, 5.74) is 4.25. The first kappa shape index (κ1) is 14.9. The molecule has 1 unspecified atom stereocenters. The van der Waals surface area contributed by atoms with Crippen LogP contribution in [0.25, 0.3) is 0 Å². The second-order valence-electron chi connectivity index (χ2n) is 6.59. The number of nitrogens with one attached hydrogen (secondary N) is 1. The van der Waals surface area contributed by atoms with Crippen molar-refractivity contribution in [1.82, 2.24) is 9.88 Å². The first-order chi connectivity index (χ1) is 9.38. The fourth-order valence-corrected chi connectivity index (χ4v) is 2.33. The summed E-state index contributed by atoms with van der Waals surface area (Å²) in [4.78, 5) is 0. The zero-order chi connectivity index (χ0) is 14.8. The Morgan fingerprint density at radius 3 is 2.25 bits per heavy atom. The van der Waals surface area contributed by atoms with Crippen molar-refractivity contribution >= 4 is 0 Å². The Morgan fingerprint density at radius 2 is 1.75 bits per heavy atom. The van der Waals surface area contributed by atoms with E-state index in [1.54, 1.807) is 0 Å². The minimum absolute atomic E-state index is 0.220. The van der Waals surface area contributed by atoms with Gasteiger partial charge in [0, 0.05) is 31.5 Å². The fourth-order valence-electron chi connectivity index (χ4n) is 2.33. The maximum Gasteiger partial charge on any atom is 0.0364 e. The monoisotopic (exact) mass is 270 g/mol. The molecule has 1 heterocycles. The zero-order valence-electron chi connectivity index (χ0n) is 13.3. The Hall–Kier alpha value is -1.54. The molecular formula is C18H26N2. The highest BCUT2D eigenvalue weighted by Gasteiger charge is 2.14. The number of aryl methyl sites for hydroxylation is 1. The van der Waals surface area contributed by atoms with Crippen LogP contribution < -0.4 is 5.32 Å². The number of benzene rings is 1. The highest BCUT2D eigenvalue weighted by atomic mass is 15.0. The van der Waals surface area contributed by atoms with Gasteiger partial charge in [-0.1, -0.05) is 45.0 Å². The van der Waals surface area contributed by atoms with E-state index in [4.69, 9.17) is 0 Å². The van der Waals surface area contributed by atoms with Crippen LogP contribution in [-0.4, -0.2) is 4.57 Å². The van der Waals surface area contributed by atoms with Gasteiger partial charge < -0.3 is 9.88 Å². The van der Waals surface area contributed by atoms with E-state index < -0.39 is 0 Å². The summed E-state index contributed by atoms with van der Waals surface area (Å²) in [6.45, 7) is 9.86. The Morgan fingerprint density at radius 1 is 1.10 bits per heavy atom. The quantitative estimate of drug-likeness (QED) is 0.882. The SMILES string of the molecule is CC(NCc1cccn1C)c1ccc(C(C)(C)C)cc1. The fraction of sp³-hybridized carbons (Fsp3) is 0.444. The number of hydrogen-bond acceptors (Lipinski definition) is 1. The summed E-state index contributed by atoms with van der Waals surface area (Å²) in [5, 5.41) is 3.58. The largest absolute Gasteiger partial charge is 0.353 e. The van der Waals surface area contributed by atoms with Gasteiger partial charge in [0.05, 0.1) is 0 Å². The summed E-state index contributed by atoms with van der Waals surface area (Å²) in [6.07, 6.45) is 2.08. The topological polar surface area (TPSA) is 17.0 Å². The number of aromatic nitrogens is 1. The van der Waals surface area contributed by atoms with Gasteiger partial charge in [-0.2, -0.15) is 0 Å². The normalized spacial score (nSPS) is 13.4. The number of nitrogens with zero attached hydrogens (tertiary/aromatic N) is 1. The molecule has 2 nitrogen and oxygen atoms in total. The Kier molecular flexibility index (Phi) is 4.34. The molecule has 2 heteroatoms. The van der Waals surface area contributed by atoms with Gasteiger partial charge in [0.25, 0.3) is 0 Å². The van der Waals surface area contributed by atoms with Crippen LogP contribution in [0.2, 0.25) is 0 Å². The predicted molar refractivity (Wildman–Crippen MR) is 85.8 cm³/mol. The van der Waals surface area contributed by atoms with E-state index in [1.165, 1.54) is 16.8 Å². The van der Waals surface area contributed by atoms with Crippen LogP contribution in [0.4, 0.5) is 0 Å². The van der Waals surface area contributed by atoms with E-state index in [0.717, 1.165) is 6.54 Å². The first-order valence-corrected chi connectivity index (χ1v) is 7.32. The van der Waals surface area contributed by atoms with Crippen LogP contribution in [0.15, 0.2) is 42.6 Å². The van der Waals surface area contributed by atoms with Crippen molar-refractivity contribution in [2.45, 2.75) is 45.7 Å². The standard InChI is InChI=1S/C18H26N2/c1-14(19-13-17-7-6-12-20(17)5)15-8-10-16(11-9-15)18(2,3)4/h6-12,14,19H,13H2,1-5H3. The lowest BCUT2D eigenvalue weighted by atomic mass is 9.86. The molecule has 2 rings (SSSR count). The molecule has 108 valence electrons. The lowest BCUT2D eigenvalue weighted by molar-refractivity contribution is 0.555. The van der Waals surface area contributed by atoms with E-state index >= 15 is 0 Å². The van der Waals surface area contributed by atoms with Crippen molar-refractivity contribution in [2.24, 2.45) is 7.05 Å². The average Bonchev–Trinajstić information content (AvgIpc) is 2.81. The molecule has 1 aromatic heterocycles. The van der Waals surface area contributed by atoms with Crippen molar-refractivity contribution < 1.29 is 0 Å². The van der Waals surface area contributed by atoms with E-state index in [2.05, 4.69) is 87.2 Å². The lowest BCUT2D eigenvalue weighted by Gasteiger charge is -2.21. The van der Waals surface area contributed by atoms with E-state index in [-0.39, 0.29) is 5.41 Å². The lowest BCUT2D eigenvalue weighted by Crippen LogP contribution is -2.19. The number of rotatable bonds is 4. The molecule has 20 heavy (non-hydrogen) atoms. The van der Waals surface area contributed by atoms with Crippen LogP contribution in [0.3, 0.4) is 0 Å². The molecule has 0 bridgehead atoms. The summed E-state index contributed by atoms with van der Waals surface area (Å²) in [7, 11) is 2.08. The molecule has 2 aromatic rings. The van der Waals surface area contributed by atoms with Crippen LogP contribution in [0.1, 0.15) is 50.6 Å². The maximum absolute atomic E-state index is 3.58. The van der Waals surface area contributed by atoms with Crippen LogP contribution in [0.5, 0.6) is 0 Å². The predicted octanol–water partition coefficient (Wildman–Crippen LogP) is 4.17. The molecule has 1 N–H and O–H groups in total. The zero-order valence-corrected chi connectivity index (χ0v) is 13.3. The molecule has 0 aliphatic rings. The van der Waals surface area contributed by atoms with Gasteiger partial charge in [0.2, 0.25) is 0 Å². The van der Waals surface area contributed by atoms with Crippen LogP contribution in [0, 0.1) is 0 Å². The van der Waals surface area contributed by atoms with Gasteiger partial charge in [-0.05, 0) is 35.6 Å². The smallest absolute Gasteiger partial charge is 0.0364 e. The molecule has 0 aliphatic heterocycles. The van der Waals surface area contributed by atoms with Gasteiger partial charge in [-0.15, -0.1) is 0 Å². The Balaban J connectivity index is 1.99. The third-order valence-electron chi connectivity index (χ3n) is 3.92. The molecular weight excluding hydrogens is 244 g/mol. The van der Waals surface area contributed by atoms with Crippen molar-refractivity contribution in [2.75, 3.05) is 0 Å². The minimum atomic E-state index is 0.220. The third kappa shape index (κ3) is 3.51. The summed E-state index contributed by atoms with van der Waals surface area (Å²) in [5.74, 6) is 0. The molecule has 0 spiro atoms. The van der Waals surface area contributed by atoms with Crippen LogP contribution in [-0.2, 0) is 19.0 Å². The second kappa shape index (κ2) is 5.84. The van der Waals surface area contributed by atoms with E-state index in [0.29, 0.717) is 6.04 Å². The van der Waals surface area contributed by atoms with Gasteiger partial charge in [-0.3, -0.25) is 0 Å². The minimum Gasteiger partial charge on any atom is -0.353 e. The molecule has 0 saturated heterocycles. The second-order valence-corrected chi connectivity index (χ2v) is 6.59. The first-order valence-electron chi connectivity index (χ1n) is 7.32. The molecule has 0 saturated carbocycles. The van der Waals surface area contributed by atoms with Crippen LogP contribution >= 0.6 is 0 Å². The van der Waals surface area contributed by atoms with Crippen molar-refractivity contribution in [3.8, 4) is 0 Å². The van der Waals surface area contributed by atoms with Gasteiger partial charge in [-0.25, -0.2) is 0 Å². The van der Waals surface area contributed by atoms with E-state index in [1.807, 2.05) is 0 Å². The summed E-state index contributed by atoms with van der Waals surface area (Å²) >= 11 is 0. The maximum atomic E-state index is 3.58. The molecule has 0 aliphatic carbocycles.